The van der Waals surface area contributed by atoms with Crippen LogP contribution in [0.4, 0.5) is 0 Å². The second kappa shape index (κ2) is 5.37. The molecule has 1 aromatic rings. The Hall–Kier alpha value is -1.68. The van der Waals surface area contributed by atoms with Crippen LogP contribution in [0.15, 0.2) is 24.3 Å². The number of imide groups is 1. The van der Waals surface area contributed by atoms with E-state index in [2.05, 4.69) is 41.8 Å². The van der Waals surface area contributed by atoms with Crippen LogP contribution in [-0.4, -0.2) is 17.9 Å². The van der Waals surface area contributed by atoms with Gasteiger partial charge in [-0.15, -0.1) is 0 Å². The maximum Gasteiger partial charge on any atom is 0.243 e. The van der Waals surface area contributed by atoms with Crippen LogP contribution in [0.2, 0.25) is 0 Å². The lowest BCUT2D eigenvalue weighted by Gasteiger charge is -2.33. The predicted molar refractivity (Wildman–Crippen MR) is 76.1 cm³/mol. The zero-order chi connectivity index (χ0) is 14.1. The Bertz CT molecular complexity index is 541. The van der Waals surface area contributed by atoms with Crippen molar-refractivity contribution in [2.75, 3.05) is 0 Å². The first-order valence-corrected chi connectivity index (χ1v) is 7.33. The van der Waals surface area contributed by atoms with E-state index in [4.69, 9.17) is 0 Å². The van der Waals surface area contributed by atoms with Gasteiger partial charge in [-0.25, -0.2) is 0 Å². The van der Waals surface area contributed by atoms with Crippen LogP contribution in [0.25, 0.3) is 0 Å². The fraction of sp³-hybridized carbons (Fsp3) is 0.500. The number of fused-ring (bicyclic) bond motifs is 1. The molecule has 1 saturated heterocycles. The molecule has 20 heavy (non-hydrogen) atoms. The van der Waals surface area contributed by atoms with E-state index >= 15 is 0 Å². The van der Waals surface area contributed by atoms with Crippen LogP contribution in [0.3, 0.4) is 0 Å². The summed E-state index contributed by atoms with van der Waals surface area (Å²) in [5.41, 5.74) is 2.68. The van der Waals surface area contributed by atoms with Crippen molar-refractivity contribution in [3.8, 4) is 0 Å². The zero-order valence-corrected chi connectivity index (χ0v) is 11.7. The molecule has 2 N–H and O–H groups in total. The Balaban J connectivity index is 1.77. The fourth-order valence-electron chi connectivity index (χ4n) is 3.27. The molecule has 2 amide bonds. The quantitative estimate of drug-likeness (QED) is 0.810. The molecule has 1 heterocycles. The normalized spacial score (nSPS) is 29.8. The van der Waals surface area contributed by atoms with Gasteiger partial charge in [-0.2, -0.15) is 0 Å². The third-order valence-corrected chi connectivity index (χ3v) is 4.43. The van der Waals surface area contributed by atoms with Gasteiger partial charge in [0.2, 0.25) is 11.8 Å². The Morgan fingerprint density at radius 2 is 1.80 bits per heavy atom. The lowest BCUT2D eigenvalue weighted by Crippen LogP contribution is -2.51. The van der Waals surface area contributed by atoms with E-state index in [9.17, 15) is 9.59 Å². The van der Waals surface area contributed by atoms with Crippen LogP contribution in [0, 0.1) is 0 Å². The molecule has 3 atom stereocenters. The van der Waals surface area contributed by atoms with Gasteiger partial charge in [-0.3, -0.25) is 20.2 Å². The summed E-state index contributed by atoms with van der Waals surface area (Å²) in [5.74, 6) is 0.231. The summed E-state index contributed by atoms with van der Waals surface area (Å²) in [5, 5.41) is 5.85. The van der Waals surface area contributed by atoms with Gasteiger partial charge in [0, 0.05) is 12.5 Å². The van der Waals surface area contributed by atoms with Crippen molar-refractivity contribution in [3.63, 3.8) is 0 Å². The number of carbonyl (C=O) groups excluding carboxylic acids is 2. The highest BCUT2D eigenvalue weighted by Crippen LogP contribution is 2.37. The molecule has 106 valence electrons. The minimum Gasteiger partial charge on any atom is -0.299 e. The Kier molecular flexibility index (Phi) is 3.57. The summed E-state index contributed by atoms with van der Waals surface area (Å²) in [4.78, 5) is 23.1. The smallest absolute Gasteiger partial charge is 0.243 e. The van der Waals surface area contributed by atoms with E-state index in [1.165, 1.54) is 11.1 Å². The van der Waals surface area contributed by atoms with Crippen molar-refractivity contribution in [3.05, 3.63) is 35.4 Å². The molecule has 1 aromatic carbocycles. The maximum absolute atomic E-state index is 11.9. The number of amides is 2. The Morgan fingerprint density at radius 3 is 2.55 bits per heavy atom. The van der Waals surface area contributed by atoms with Gasteiger partial charge in [-0.05, 0) is 36.3 Å². The van der Waals surface area contributed by atoms with Crippen molar-refractivity contribution < 1.29 is 9.59 Å². The van der Waals surface area contributed by atoms with Crippen molar-refractivity contribution in [2.24, 2.45) is 0 Å². The van der Waals surface area contributed by atoms with Crippen LogP contribution in [0.1, 0.15) is 55.7 Å². The molecule has 0 bridgehead atoms. The third kappa shape index (κ3) is 2.48. The van der Waals surface area contributed by atoms with E-state index in [-0.39, 0.29) is 23.9 Å². The number of benzene rings is 1. The lowest BCUT2D eigenvalue weighted by atomic mass is 9.80. The molecule has 4 nitrogen and oxygen atoms in total. The van der Waals surface area contributed by atoms with E-state index in [0.717, 1.165) is 12.8 Å². The molecular weight excluding hydrogens is 252 g/mol. The Labute approximate surface area is 118 Å². The standard InChI is InChI=1S/C16H20N2O2/c1-10-6-7-13(12-5-3-2-4-11(10)12)17-14-8-9-15(19)18-16(14)20/h2-5,10,13-14,17H,6-9H2,1H3,(H,18,19,20). The monoisotopic (exact) mass is 272 g/mol. The average molecular weight is 272 g/mol. The lowest BCUT2D eigenvalue weighted by molar-refractivity contribution is -0.134. The van der Waals surface area contributed by atoms with E-state index in [1.54, 1.807) is 0 Å². The minimum absolute atomic E-state index is 0.161. The number of piperidine rings is 1. The van der Waals surface area contributed by atoms with E-state index in [1.807, 2.05) is 0 Å². The van der Waals surface area contributed by atoms with Crippen LogP contribution in [-0.2, 0) is 9.59 Å². The number of nitrogens with one attached hydrogen (secondary N) is 2. The van der Waals surface area contributed by atoms with Gasteiger partial charge in [0.15, 0.2) is 0 Å². The first kappa shape index (κ1) is 13.3. The largest absolute Gasteiger partial charge is 0.299 e. The highest BCUT2D eigenvalue weighted by Gasteiger charge is 2.31. The number of carbonyl (C=O) groups is 2. The fourth-order valence-corrected chi connectivity index (χ4v) is 3.27. The average Bonchev–Trinajstić information content (AvgIpc) is 2.45. The van der Waals surface area contributed by atoms with Gasteiger partial charge < -0.3 is 0 Å². The topological polar surface area (TPSA) is 58.2 Å². The molecular formula is C16H20N2O2. The van der Waals surface area contributed by atoms with Gasteiger partial charge in [0.05, 0.1) is 6.04 Å². The van der Waals surface area contributed by atoms with Gasteiger partial charge in [-0.1, -0.05) is 31.2 Å². The molecule has 3 unspecified atom stereocenters. The summed E-state index contributed by atoms with van der Waals surface area (Å²) >= 11 is 0. The molecule has 2 aliphatic rings. The van der Waals surface area contributed by atoms with Crippen LogP contribution >= 0.6 is 0 Å². The van der Waals surface area contributed by atoms with E-state index < -0.39 is 0 Å². The van der Waals surface area contributed by atoms with Gasteiger partial charge >= 0.3 is 0 Å². The molecule has 1 aliphatic heterocycles. The second-order valence-electron chi connectivity index (χ2n) is 5.83. The summed E-state index contributed by atoms with van der Waals surface area (Å²) in [7, 11) is 0. The van der Waals surface area contributed by atoms with Crippen molar-refractivity contribution in [1.29, 1.82) is 0 Å². The summed E-state index contributed by atoms with van der Waals surface area (Å²) in [6, 6.07) is 8.41. The Morgan fingerprint density at radius 1 is 1.05 bits per heavy atom. The maximum atomic E-state index is 11.9. The number of rotatable bonds is 2. The molecule has 0 aromatic heterocycles. The SMILES string of the molecule is CC1CCC(NC2CCC(=O)NC2=O)c2ccccc21. The second-order valence-corrected chi connectivity index (χ2v) is 5.83. The van der Waals surface area contributed by atoms with Gasteiger partial charge in [0.1, 0.15) is 0 Å². The summed E-state index contributed by atoms with van der Waals surface area (Å²) in [6.45, 7) is 2.25. The van der Waals surface area contributed by atoms with Crippen molar-refractivity contribution in [2.45, 2.75) is 50.6 Å². The summed E-state index contributed by atoms with van der Waals surface area (Å²) < 4.78 is 0. The minimum atomic E-state index is -0.251. The van der Waals surface area contributed by atoms with Gasteiger partial charge in [0.25, 0.3) is 0 Å². The number of hydrogen-bond acceptors (Lipinski definition) is 3. The first-order valence-electron chi connectivity index (χ1n) is 7.33. The molecule has 3 rings (SSSR count). The van der Waals surface area contributed by atoms with Crippen LogP contribution < -0.4 is 10.6 Å². The third-order valence-electron chi connectivity index (χ3n) is 4.43. The molecule has 0 radical (unpaired) electrons. The highest BCUT2D eigenvalue weighted by atomic mass is 16.2. The predicted octanol–water partition coefficient (Wildman–Crippen LogP) is 2.02. The molecule has 1 aliphatic carbocycles. The molecule has 1 fully saturated rings. The highest BCUT2D eigenvalue weighted by molar-refractivity contribution is 6.00. The first-order chi connectivity index (χ1) is 9.65. The van der Waals surface area contributed by atoms with Crippen molar-refractivity contribution >= 4 is 11.8 Å². The van der Waals surface area contributed by atoms with E-state index in [0.29, 0.717) is 18.8 Å². The summed E-state index contributed by atoms with van der Waals surface area (Å²) in [6.07, 6.45) is 3.19. The molecule has 0 spiro atoms. The van der Waals surface area contributed by atoms with Crippen molar-refractivity contribution in [1.82, 2.24) is 10.6 Å². The molecule has 0 saturated carbocycles. The van der Waals surface area contributed by atoms with Crippen LogP contribution in [0.5, 0.6) is 0 Å². The number of hydrogen-bond donors (Lipinski definition) is 2. The molecule has 4 heteroatoms. The zero-order valence-electron chi connectivity index (χ0n) is 11.7.